The van der Waals surface area contributed by atoms with E-state index < -0.39 is 0 Å². The summed E-state index contributed by atoms with van der Waals surface area (Å²) in [6.45, 7) is 5.47. The first-order valence-electron chi connectivity index (χ1n) is 6.77. The molecule has 3 heteroatoms. The molecule has 2 aliphatic rings. The number of likely N-dealkylation sites (tertiary alicyclic amines) is 1. The van der Waals surface area contributed by atoms with Gasteiger partial charge in [-0.05, 0) is 45.6 Å². The van der Waals surface area contributed by atoms with Gasteiger partial charge < -0.3 is 10.2 Å². The molecule has 2 heterocycles. The van der Waals surface area contributed by atoms with Crippen LogP contribution in [0.5, 0.6) is 0 Å². The zero-order chi connectivity index (χ0) is 11.5. The van der Waals surface area contributed by atoms with Crippen LogP contribution in [-0.2, 0) is 4.79 Å². The van der Waals surface area contributed by atoms with Gasteiger partial charge in [0.1, 0.15) is 0 Å². The first-order valence-corrected chi connectivity index (χ1v) is 6.77. The Hall–Kier alpha value is -0.570. The maximum absolute atomic E-state index is 12.3. The normalized spacial score (nSPS) is 34.6. The maximum atomic E-state index is 12.3. The van der Waals surface area contributed by atoms with E-state index in [0.717, 1.165) is 13.0 Å². The fraction of sp³-hybridized carbons (Fsp3) is 0.923. The average molecular weight is 224 g/mol. The summed E-state index contributed by atoms with van der Waals surface area (Å²) >= 11 is 0. The van der Waals surface area contributed by atoms with E-state index in [1.807, 2.05) is 0 Å². The minimum atomic E-state index is 0.372. The average Bonchev–Trinajstić information content (AvgIpc) is 2.87. The number of carbonyl (C=O) groups excluding carboxylic acids is 1. The van der Waals surface area contributed by atoms with E-state index in [4.69, 9.17) is 0 Å². The Balaban J connectivity index is 1.91. The number of amides is 1. The largest absolute Gasteiger partial charge is 0.337 e. The fourth-order valence-electron chi connectivity index (χ4n) is 3.17. The third-order valence-corrected chi connectivity index (χ3v) is 4.13. The first-order chi connectivity index (χ1) is 7.72. The van der Waals surface area contributed by atoms with Crippen molar-refractivity contribution in [3.05, 3.63) is 0 Å². The van der Waals surface area contributed by atoms with Crippen LogP contribution in [0.25, 0.3) is 0 Å². The van der Waals surface area contributed by atoms with Crippen LogP contribution in [0.4, 0.5) is 0 Å². The third kappa shape index (κ3) is 2.40. The molecule has 2 rings (SSSR count). The van der Waals surface area contributed by atoms with Crippen molar-refractivity contribution in [2.75, 3.05) is 6.54 Å². The minimum Gasteiger partial charge on any atom is -0.337 e. The third-order valence-electron chi connectivity index (χ3n) is 4.13. The second kappa shape index (κ2) is 5.17. The predicted octanol–water partition coefficient (Wildman–Crippen LogP) is 1.92. The number of nitrogens with zero attached hydrogens (tertiary/aromatic N) is 1. The number of rotatable bonds is 3. The Labute approximate surface area is 98.6 Å². The smallest absolute Gasteiger partial charge is 0.224 e. The van der Waals surface area contributed by atoms with E-state index in [1.54, 1.807) is 0 Å². The summed E-state index contributed by atoms with van der Waals surface area (Å²) in [6.07, 6.45) is 6.59. The van der Waals surface area contributed by atoms with Crippen molar-refractivity contribution in [2.24, 2.45) is 0 Å². The van der Waals surface area contributed by atoms with Gasteiger partial charge in [0.05, 0.1) is 0 Å². The van der Waals surface area contributed by atoms with Gasteiger partial charge >= 0.3 is 0 Å². The van der Waals surface area contributed by atoms with Gasteiger partial charge in [-0.1, -0.05) is 6.92 Å². The summed E-state index contributed by atoms with van der Waals surface area (Å²) in [5, 5.41) is 3.41. The standard InChI is InChI=1S/C13H24N2O/c1-3-12-7-6-10(2)15(12)13(16)9-11-5-4-8-14-11/h10-12,14H,3-9H2,1-2H3. The van der Waals surface area contributed by atoms with Gasteiger partial charge in [0.25, 0.3) is 0 Å². The van der Waals surface area contributed by atoms with Gasteiger partial charge in [-0.25, -0.2) is 0 Å². The first kappa shape index (κ1) is 11.9. The van der Waals surface area contributed by atoms with E-state index in [-0.39, 0.29) is 0 Å². The van der Waals surface area contributed by atoms with Crippen molar-refractivity contribution in [1.29, 1.82) is 0 Å². The molecular weight excluding hydrogens is 200 g/mol. The van der Waals surface area contributed by atoms with E-state index in [0.29, 0.717) is 30.5 Å². The minimum absolute atomic E-state index is 0.372. The molecule has 2 saturated heterocycles. The zero-order valence-electron chi connectivity index (χ0n) is 10.5. The summed E-state index contributed by atoms with van der Waals surface area (Å²) in [7, 11) is 0. The van der Waals surface area contributed by atoms with E-state index >= 15 is 0 Å². The second-order valence-electron chi connectivity index (χ2n) is 5.29. The molecule has 2 aliphatic heterocycles. The molecule has 0 aliphatic carbocycles. The lowest BCUT2D eigenvalue weighted by Gasteiger charge is -2.29. The van der Waals surface area contributed by atoms with E-state index in [9.17, 15) is 4.79 Å². The molecule has 16 heavy (non-hydrogen) atoms. The highest BCUT2D eigenvalue weighted by molar-refractivity contribution is 5.77. The molecule has 3 nitrogen and oxygen atoms in total. The Morgan fingerprint density at radius 1 is 1.38 bits per heavy atom. The number of hydrogen-bond donors (Lipinski definition) is 1. The van der Waals surface area contributed by atoms with Gasteiger partial charge in [0.15, 0.2) is 0 Å². The van der Waals surface area contributed by atoms with Crippen molar-refractivity contribution in [1.82, 2.24) is 10.2 Å². The molecule has 0 saturated carbocycles. The van der Waals surface area contributed by atoms with Gasteiger partial charge in [0.2, 0.25) is 5.91 Å². The SMILES string of the molecule is CCC1CCC(C)N1C(=O)CC1CCCN1. The highest BCUT2D eigenvalue weighted by atomic mass is 16.2. The van der Waals surface area contributed by atoms with E-state index in [2.05, 4.69) is 24.1 Å². The molecule has 92 valence electrons. The van der Waals surface area contributed by atoms with Gasteiger partial charge in [-0.3, -0.25) is 4.79 Å². The van der Waals surface area contributed by atoms with Gasteiger partial charge in [0, 0.05) is 24.5 Å². The summed E-state index contributed by atoms with van der Waals surface area (Å²) in [5.41, 5.74) is 0. The molecule has 0 bridgehead atoms. The lowest BCUT2D eigenvalue weighted by Crippen LogP contribution is -2.42. The number of carbonyl (C=O) groups is 1. The summed E-state index contributed by atoms with van der Waals surface area (Å²) < 4.78 is 0. The quantitative estimate of drug-likeness (QED) is 0.794. The lowest BCUT2D eigenvalue weighted by atomic mass is 10.1. The fourth-order valence-corrected chi connectivity index (χ4v) is 3.17. The summed E-state index contributed by atoms with van der Waals surface area (Å²) in [6, 6.07) is 1.40. The van der Waals surface area contributed by atoms with Crippen LogP contribution in [0.1, 0.15) is 52.4 Å². The Kier molecular flexibility index (Phi) is 3.85. The van der Waals surface area contributed by atoms with Crippen LogP contribution in [0.3, 0.4) is 0 Å². The molecule has 3 unspecified atom stereocenters. The highest BCUT2D eigenvalue weighted by Gasteiger charge is 2.34. The summed E-state index contributed by atoms with van der Waals surface area (Å²) in [5.74, 6) is 0.372. The molecule has 0 aromatic heterocycles. The lowest BCUT2D eigenvalue weighted by molar-refractivity contribution is -0.134. The number of hydrogen-bond acceptors (Lipinski definition) is 2. The predicted molar refractivity (Wildman–Crippen MR) is 65.3 cm³/mol. The highest BCUT2D eigenvalue weighted by Crippen LogP contribution is 2.27. The monoisotopic (exact) mass is 224 g/mol. The second-order valence-corrected chi connectivity index (χ2v) is 5.29. The molecule has 1 N–H and O–H groups in total. The van der Waals surface area contributed by atoms with Crippen LogP contribution < -0.4 is 5.32 Å². The molecule has 3 atom stereocenters. The molecule has 0 radical (unpaired) electrons. The van der Waals surface area contributed by atoms with Crippen molar-refractivity contribution < 1.29 is 4.79 Å². The topological polar surface area (TPSA) is 32.3 Å². The van der Waals surface area contributed by atoms with Crippen molar-refractivity contribution in [3.8, 4) is 0 Å². The summed E-state index contributed by atoms with van der Waals surface area (Å²) in [4.78, 5) is 14.4. The van der Waals surface area contributed by atoms with Crippen LogP contribution in [0.15, 0.2) is 0 Å². The van der Waals surface area contributed by atoms with Crippen LogP contribution in [0.2, 0.25) is 0 Å². The van der Waals surface area contributed by atoms with Crippen LogP contribution in [0, 0.1) is 0 Å². The molecule has 2 fully saturated rings. The van der Waals surface area contributed by atoms with E-state index in [1.165, 1.54) is 25.7 Å². The van der Waals surface area contributed by atoms with Crippen LogP contribution >= 0.6 is 0 Å². The van der Waals surface area contributed by atoms with Crippen molar-refractivity contribution in [3.63, 3.8) is 0 Å². The van der Waals surface area contributed by atoms with Gasteiger partial charge in [-0.15, -0.1) is 0 Å². The zero-order valence-corrected chi connectivity index (χ0v) is 10.5. The molecule has 0 aromatic rings. The van der Waals surface area contributed by atoms with Crippen molar-refractivity contribution >= 4 is 5.91 Å². The Bertz CT molecular complexity index is 248. The van der Waals surface area contributed by atoms with Crippen LogP contribution in [-0.4, -0.2) is 35.5 Å². The Morgan fingerprint density at radius 2 is 2.19 bits per heavy atom. The maximum Gasteiger partial charge on any atom is 0.224 e. The molecule has 0 aromatic carbocycles. The molecule has 1 amide bonds. The molecule has 0 spiro atoms. The Morgan fingerprint density at radius 3 is 2.81 bits per heavy atom. The van der Waals surface area contributed by atoms with Crippen molar-refractivity contribution in [2.45, 2.75) is 70.5 Å². The number of nitrogens with one attached hydrogen (secondary N) is 1. The van der Waals surface area contributed by atoms with Gasteiger partial charge in [-0.2, -0.15) is 0 Å². The molecular formula is C13H24N2O.